The molecule has 0 aliphatic heterocycles. The van der Waals surface area contributed by atoms with Crippen LogP contribution in [0, 0.1) is 0 Å². The summed E-state index contributed by atoms with van der Waals surface area (Å²) in [6, 6.07) is 12.7. The normalized spacial score (nSPS) is 10.7. The first-order chi connectivity index (χ1) is 16.5. The number of carbonyl (C=O) groups is 2. The quantitative estimate of drug-likeness (QED) is 0.297. The number of thiophene rings is 1. The van der Waals surface area contributed by atoms with Crippen molar-refractivity contribution in [3.8, 4) is 28.4 Å². The van der Waals surface area contributed by atoms with Gasteiger partial charge in [-0.05, 0) is 55.3 Å². The van der Waals surface area contributed by atoms with Gasteiger partial charge in [-0.2, -0.15) is 0 Å². The molecule has 0 aliphatic carbocycles. The number of nitrogens with one attached hydrogen (secondary N) is 1. The average molecular weight is 482 g/mol. The molecule has 0 saturated carbocycles. The number of rotatable bonds is 10. The predicted octanol–water partition coefficient (Wildman–Crippen LogP) is 5.66. The fraction of sp³-hybridized carbons (Fsp3) is 0.231. The first-order valence-electron chi connectivity index (χ1n) is 10.7. The Balaban J connectivity index is 1.83. The summed E-state index contributed by atoms with van der Waals surface area (Å²) >= 11 is 1.26. The van der Waals surface area contributed by atoms with Crippen molar-refractivity contribution in [2.45, 2.75) is 13.8 Å². The lowest BCUT2D eigenvalue weighted by molar-refractivity contribution is -0.111. The van der Waals surface area contributed by atoms with Crippen molar-refractivity contribution in [1.82, 2.24) is 0 Å². The number of esters is 1. The van der Waals surface area contributed by atoms with Crippen LogP contribution in [0.3, 0.4) is 0 Å². The third-order valence-corrected chi connectivity index (χ3v) is 5.72. The van der Waals surface area contributed by atoms with Crippen LogP contribution in [0.1, 0.15) is 29.8 Å². The highest BCUT2D eigenvalue weighted by Crippen LogP contribution is 2.37. The van der Waals surface area contributed by atoms with Crippen LogP contribution >= 0.6 is 11.3 Å². The van der Waals surface area contributed by atoms with E-state index in [-0.39, 0.29) is 12.5 Å². The van der Waals surface area contributed by atoms with Gasteiger partial charge < -0.3 is 24.3 Å². The van der Waals surface area contributed by atoms with E-state index >= 15 is 0 Å². The summed E-state index contributed by atoms with van der Waals surface area (Å²) in [5.74, 6) is 1.06. The van der Waals surface area contributed by atoms with Crippen molar-refractivity contribution in [3.63, 3.8) is 0 Å². The third-order valence-electron chi connectivity index (χ3n) is 4.82. The summed E-state index contributed by atoms with van der Waals surface area (Å²) < 4.78 is 21.3. The van der Waals surface area contributed by atoms with E-state index in [2.05, 4.69) is 5.32 Å². The van der Waals surface area contributed by atoms with E-state index in [1.165, 1.54) is 17.4 Å². The average Bonchev–Trinajstić information content (AvgIpc) is 3.27. The van der Waals surface area contributed by atoms with Gasteiger partial charge in [0.15, 0.2) is 11.5 Å². The monoisotopic (exact) mass is 481 g/mol. The highest BCUT2D eigenvalue weighted by Gasteiger charge is 2.22. The third kappa shape index (κ3) is 5.96. The summed E-state index contributed by atoms with van der Waals surface area (Å²) in [5, 5.41) is 5.05. The molecule has 178 valence electrons. The van der Waals surface area contributed by atoms with Crippen LogP contribution in [0.25, 0.3) is 17.2 Å². The maximum absolute atomic E-state index is 12.7. The first-order valence-corrected chi connectivity index (χ1v) is 11.6. The summed E-state index contributed by atoms with van der Waals surface area (Å²) in [6.07, 6.45) is 3.06. The van der Waals surface area contributed by atoms with Crippen LogP contribution < -0.4 is 19.5 Å². The number of hydrogen-bond donors (Lipinski definition) is 1. The number of benzene rings is 2. The molecule has 7 nitrogen and oxygen atoms in total. The summed E-state index contributed by atoms with van der Waals surface area (Å²) in [4.78, 5) is 25.4. The second kappa shape index (κ2) is 11.9. The Morgan fingerprint density at radius 1 is 0.971 bits per heavy atom. The molecule has 3 aromatic rings. The molecule has 0 unspecified atom stereocenters. The van der Waals surface area contributed by atoms with Gasteiger partial charge in [-0.15, -0.1) is 11.3 Å². The number of carbonyl (C=O) groups excluding carboxylic acids is 2. The summed E-state index contributed by atoms with van der Waals surface area (Å²) in [6.45, 7) is 4.38. The van der Waals surface area contributed by atoms with E-state index in [1.807, 2.05) is 42.6 Å². The van der Waals surface area contributed by atoms with Gasteiger partial charge in [0.2, 0.25) is 5.91 Å². The molecule has 0 radical (unpaired) electrons. The van der Waals surface area contributed by atoms with E-state index in [0.717, 1.165) is 11.1 Å². The molecule has 0 saturated heterocycles. The van der Waals surface area contributed by atoms with E-state index in [4.69, 9.17) is 18.9 Å². The summed E-state index contributed by atoms with van der Waals surface area (Å²) in [7, 11) is 3.15. The van der Waals surface area contributed by atoms with Crippen molar-refractivity contribution >= 4 is 34.3 Å². The van der Waals surface area contributed by atoms with Crippen LogP contribution in [-0.2, 0) is 9.53 Å². The van der Waals surface area contributed by atoms with Crippen LogP contribution in [0.2, 0.25) is 0 Å². The fourth-order valence-corrected chi connectivity index (χ4v) is 4.19. The maximum atomic E-state index is 12.7. The van der Waals surface area contributed by atoms with Crippen LogP contribution in [0.5, 0.6) is 17.2 Å². The molecule has 1 heterocycles. The Morgan fingerprint density at radius 2 is 1.74 bits per heavy atom. The molecular formula is C26H27NO6S. The zero-order valence-electron chi connectivity index (χ0n) is 19.5. The highest BCUT2D eigenvalue weighted by atomic mass is 32.1. The second-order valence-corrected chi connectivity index (χ2v) is 7.85. The lowest BCUT2D eigenvalue weighted by Crippen LogP contribution is -2.12. The van der Waals surface area contributed by atoms with E-state index < -0.39 is 5.97 Å². The van der Waals surface area contributed by atoms with E-state index in [0.29, 0.717) is 40.0 Å². The van der Waals surface area contributed by atoms with Gasteiger partial charge in [-0.1, -0.05) is 18.2 Å². The predicted molar refractivity (Wildman–Crippen MR) is 134 cm³/mol. The van der Waals surface area contributed by atoms with E-state index in [9.17, 15) is 9.59 Å². The van der Waals surface area contributed by atoms with Crippen LogP contribution in [0.4, 0.5) is 5.00 Å². The number of hydrogen-bond acceptors (Lipinski definition) is 7. The molecule has 1 aromatic heterocycles. The molecule has 2 aromatic carbocycles. The van der Waals surface area contributed by atoms with Gasteiger partial charge in [-0.25, -0.2) is 4.79 Å². The van der Waals surface area contributed by atoms with Crippen molar-refractivity contribution in [2.75, 3.05) is 32.8 Å². The minimum absolute atomic E-state index is 0.226. The maximum Gasteiger partial charge on any atom is 0.341 e. The van der Waals surface area contributed by atoms with Crippen molar-refractivity contribution in [3.05, 3.63) is 65.0 Å². The van der Waals surface area contributed by atoms with Gasteiger partial charge in [0, 0.05) is 17.0 Å². The molecule has 8 heteroatoms. The van der Waals surface area contributed by atoms with Gasteiger partial charge >= 0.3 is 5.97 Å². The SMILES string of the molecule is CCOC(=O)c1c(-c2ccc(OC)cc2)csc1NC(=O)C=Cc1ccc(OCC)c(OC)c1. The van der Waals surface area contributed by atoms with Crippen LogP contribution in [0.15, 0.2) is 53.9 Å². The van der Waals surface area contributed by atoms with Gasteiger partial charge in [0.05, 0.1) is 27.4 Å². The molecule has 3 rings (SSSR count). The molecule has 0 fully saturated rings. The minimum Gasteiger partial charge on any atom is -0.497 e. The van der Waals surface area contributed by atoms with Gasteiger partial charge in [0.1, 0.15) is 16.3 Å². The second-order valence-electron chi connectivity index (χ2n) is 6.97. The standard InChI is InChI=1S/C26H27NO6S/c1-5-32-21-13-7-17(15-22(21)31-4)8-14-23(28)27-25-24(26(29)33-6-2)20(16-34-25)18-9-11-19(30-3)12-10-18/h7-16H,5-6H2,1-4H3,(H,27,28). The van der Waals surface area contributed by atoms with Gasteiger partial charge in [0.25, 0.3) is 0 Å². The summed E-state index contributed by atoms with van der Waals surface area (Å²) in [5.41, 5.74) is 2.59. The topological polar surface area (TPSA) is 83.1 Å². The Labute approximate surface area is 202 Å². The van der Waals surface area contributed by atoms with Crippen molar-refractivity contribution in [2.24, 2.45) is 0 Å². The van der Waals surface area contributed by atoms with Gasteiger partial charge in [-0.3, -0.25) is 4.79 Å². The molecular weight excluding hydrogens is 454 g/mol. The molecule has 0 atom stereocenters. The Hall–Kier alpha value is -3.78. The minimum atomic E-state index is -0.495. The molecule has 0 bridgehead atoms. The number of amides is 1. The number of methoxy groups -OCH3 is 2. The smallest absolute Gasteiger partial charge is 0.341 e. The van der Waals surface area contributed by atoms with Crippen LogP contribution in [-0.4, -0.2) is 39.3 Å². The largest absolute Gasteiger partial charge is 0.497 e. The Bertz CT molecular complexity index is 1170. The van der Waals surface area contributed by atoms with E-state index in [1.54, 1.807) is 39.4 Å². The molecule has 0 spiro atoms. The number of anilines is 1. The molecule has 1 amide bonds. The zero-order chi connectivity index (χ0) is 24.5. The Morgan fingerprint density at radius 3 is 2.38 bits per heavy atom. The Kier molecular flexibility index (Phi) is 8.70. The molecule has 34 heavy (non-hydrogen) atoms. The number of ether oxygens (including phenoxy) is 4. The highest BCUT2D eigenvalue weighted by molar-refractivity contribution is 7.15. The lowest BCUT2D eigenvalue weighted by Gasteiger charge is -2.09. The fourth-order valence-electron chi connectivity index (χ4n) is 3.23. The lowest BCUT2D eigenvalue weighted by atomic mass is 10.0. The first kappa shape index (κ1) is 24.9. The molecule has 0 aliphatic rings. The molecule has 1 N–H and O–H groups in total. The zero-order valence-corrected chi connectivity index (χ0v) is 20.4. The van der Waals surface area contributed by atoms with Crippen molar-refractivity contribution in [1.29, 1.82) is 0 Å². The van der Waals surface area contributed by atoms with Crippen molar-refractivity contribution < 1.29 is 28.5 Å².